The van der Waals surface area contributed by atoms with E-state index in [0.29, 0.717) is 12.2 Å². The highest BCUT2D eigenvalue weighted by Crippen LogP contribution is 2.27. The van der Waals surface area contributed by atoms with Crippen molar-refractivity contribution in [1.29, 1.82) is 0 Å². The Morgan fingerprint density at radius 3 is 3.11 bits per heavy atom. The van der Waals surface area contributed by atoms with Crippen LogP contribution in [-0.2, 0) is 6.54 Å². The molecule has 2 N–H and O–H groups in total. The molecule has 0 fully saturated rings. The summed E-state index contributed by atoms with van der Waals surface area (Å²) in [5.41, 5.74) is 1.31. The molecule has 0 spiro atoms. The fourth-order valence-electron chi connectivity index (χ4n) is 1.54. The fraction of sp³-hybridized carbons (Fsp3) is 0.0833. The van der Waals surface area contributed by atoms with Crippen molar-refractivity contribution >= 4 is 28.6 Å². The Labute approximate surface area is 117 Å². The summed E-state index contributed by atoms with van der Waals surface area (Å²) in [5, 5.41) is 7.44. The Kier molecular flexibility index (Phi) is 3.39. The van der Waals surface area contributed by atoms with Crippen LogP contribution in [0.25, 0.3) is 9.88 Å². The molecule has 0 unspecified atom stereocenters. The molecule has 1 amide bonds. The third kappa shape index (κ3) is 2.72. The van der Waals surface area contributed by atoms with Gasteiger partial charge in [-0.1, -0.05) is 6.07 Å². The van der Waals surface area contributed by atoms with E-state index in [2.05, 4.69) is 20.3 Å². The van der Waals surface area contributed by atoms with Gasteiger partial charge >= 0.3 is 0 Å². The second kappa shape index (κ2) is 5.33. The van der Waals surface area contributed by atoms with Crippen LogP contribution in [0.1, 0.15) is 16.2 Å². The number of nitrogens with one attached hydrogen (secondary N) is 2. The average Bonchev–Trinajstić information content (AvgIpc) is 3.14. The standard InChI is InChI=1S/C12H10N4OS2/c17-11(14-5-8-4-13-7-15-8)9-6-19-12(16-9)10-2-1-3-18-10/h1-4,6-7H,5H2,(H,13,15)(H,14,17). The van der Waals surface area contributed by atoms with Crippen LogP contribution in [0.2, 0.25) is 0 Å². The lowest BCUT2D eigenvalue weighted by atomic mass is 10.4. The summed E-state index contributed by atoms with van der Waals surface area (Å²) in [6.45, 7) is 0.421. The van der Waals surface area contributed by atoms with Crippen LogP contribution < -0.4 is 5.32 Å². The summed E-state index contributed by atoms with van der Waals surface area (Å²) in [6.07, 6.45) is 3.26. The zero-order chi connectivity index (χ0) is 13.1. The Balaban J connectivity index is 1.67. The van der Waals surface area contributed by atoms with Crippen LogP contribution in [0.15, 0.2) is 35.4 Å². The average molecular weight is 290 g/mol. The summed E-state index contributed by atoms with van der Waals surface area (Å²) in [5.74, 6) is -0.173. The van der Waals surface area contributed by atoms with Crippen LogP contribution in [0, 0.1) is 0 Å². The van der Waals surface area contributed by atoms with E-state index in [1.807, 2.05) is 17.5 Å². The van der Waals surface area contributed by atoms with Gasteiger partial charge in [-0.25, -0.2) is 9.97 Å². The highest BCUT2D eigenvalue weighted by Gasteiger charge is 2.12. The first-order valence-corrected chi connectivity index (χ1v) is 7.34. The largest absolute Gasteiger partial charge is 0.347 e. The van der Waals surface area contributed by atoms with E-state index >= 15 is 0 Å². The van der Waals surface area contributed by atoms with Crippen molar-refractivity contribution in [3.8, 4) is 9.88 Å². The second-order valence-electron chi connectivity index (χ2n) is 3.77. The molecule has 19 heavy (non-hydrogen) atoms. The van der Waals surface area contributed by atoms with Gasteiger partial charge in [0.25, 0.3) is 5.91 Å². The van der Waals surface area contributed by atoms with E-state index in [1.165, 1.54) is 11.3 Å². The first kappa shape index (κ1) is 12.1. The number of H-pyrrole nitrogens is 1. The number of imidazole rings is 1. The summed E-state index contributed by atoms with van der Waals surface area (Å²) in [6, 6.07) is 3.97. The van der Waals surface area contributed by atoms with Gasteiger partial charge in [-0.05, 0) is 11.4 Å². The topological polar surface area (TPSA) is 70.7 Å². The summed E-state index contributed by atoms with van der Waals surface area (Å²) < 4.78 is 0. The second-order valence-corrected chi connectivity index (χ2v) is 5.58. The predicted molar refractivity (Wildman–Crippen MR) is 75.2 cm³/mol. The normalized spacial score (nSPS) is 10.5. The van der Waals surface area contributed by atoms with Crippen LogP contribution in [0.3, 0.4) is 0 Å². The minimum absolute atomic E-state index is 0.173. The first-order valence-electron chi connectivity index (χ1n) is 5.58. The van der Waals surface area contributed by atoms with Crippen molar-refractivity contribution < 1.29 is 4.79 Å². The zero-order valence-electron chi connectivity index (χ0n) is 9.79. The van der Waals surface area contributed by atoms with Crippen molar-refractivity contribution in [2.45, 2.75) is 6.54 Å². The van der Waals surface area contributed by atoms with Crippen LogP contribution in [-0.4, -0.2) is 20.9 Å². The maximum absolute atomic E-state index is 11.9. The van der Waals surface area contributed by atoms with Crippen LogP contribution in [0.5, 0.6) is 0 Å². The van der Waals surface area contributed by atoms with Crippen LogP contribution >= 0.6 is 22.7 Å². The van der Waals surface area contributed by atoms with Crippen molar-refractivity contribution in [2.75, 3.05) is 0 Å². The number of nitrogens with zero attached hydrogens (tertiary/aromatic N) is 2. The number of rotatable bonds is 4. The number of thiophene rings is 1. The lowest BCUT2D eigenvalue weighted by Crippen LogP contribution is -2.23. The van der Waals surface area contributed by atoms with Gasteiger partial charge < -0.3 is 10.3 Å². The molecule has 0 aliphatic carbocycles. The molecule has 0 bridgehead atoms. The first-order chi connectivity index (χ1) is 9.33. The molecule has 5 nitrogen and oxygen atoms in total. The molecular formula is C12H10N4OS2. The van der Waals surface area contributed by atoms with Gasteiger partial charge in [0.05, 0.1) is 23.4 Å². The van der Waals surface area contributed by atoms with Gasteiger partial charge in [0.15, 0.2) is 0 Å². The highest BCUT2D eigenvalue weighted by atomic mass is 32.1. The van der Waals surface area contributed by atoms with Crippen molar-refractivity contribution in [3.05, 3.63) is 46.8 Å². The fourth-order valence-corrected chi connectivity index (χ4v) is 3.15. The number of aromatic amines is 1. The van der Waals surface area contributed by atoms with E-state index < -0.39 is 0 Å². The molecule has 96 valence electrons. The molecule has 0 aliphatic heterocycles. The maximum Gasteiger partial charge on any atom is 0.271 e. The molecular weight excluding hydrogens is 280 g/mol. The van der Waals surface area contributed by atoms with E-state index in [0.717, 1.165) is 15.6 Å². The highest BCUT2D eigenvalue weighted by molar-refractivity contribution is 7.20. The number of carbonyl (C=O) groups is 1. The molecule has 3 heterocycles. The molecule has 3 aromatic rings. The summed E-state index contributed by atoms with van der Waals surface area (Å²) in [7, 11) is 0. The van der Waals surface area contributed by atoms with Crippen LogP contribution in [0.4, 0.5) is 0 Å². The number of thiazole rings is 1. The summed E-state index contributed by atoms with van der Waals surface area (Å²) >= 11 is 3.09. The summed E-state index contributed by atoms with van der Waals surface area (Å²) in [4.78, 5) is 24.2. The molecule has 0 saturated heterocycles. The molecule has 0 saturated carbocycles. The van der Waals surface area contributed by atoms with Gasteiger partial charge in [-0.3, -0.25) is 4.79 Å². The number of hydrogen-bond acceptors (Lipinski definition) is 5. The number of aromatic nitrogens is 3. The third-order valence-corrected chi connectivity index (χ3v) is 4.34. The Morgan fingerprint density at radius 1 is 1.42 bits per heavy atom. The van der Waals surface area contributed by atoms with E-state index in [-0.39, 0.29) is 5.91 Å². The van der Waals surface area contributed by atoms with Gasteiger partial charge in [-0.15, -0.1) is 22.7 Å². The third-order valence-electron chi connectivity index (χ3n) is 2.46. The Hall–Kier alpha value is -1.99. The Morgan fingerprint density at radius 2 is 2.37 bits per heavy atom. The zero-order valence-corrected chi connectivity index (χ0v) is 11.4. The minimum Gasteiger partial charge on any atom is -0.347 e. The van der Waals surface area contributed by atoms with Gasteiger partial charge in [0, 0.05) is 11.6 Å². The quantitative estimate of drug-likeness (QED) is 0.775. The van der Waals surface area contributed by atoms with Crippen molar-refractivity contribution in [3.63, 3.8) is 0 Å². The molecule has 0 aliphatic rings. The SMILES string of the molecule is O=C(NCc1cnc[nH]1)c1csc(-c2cccs2)n1. The molecule has 0 radical (unpaired) electrons. The minimum atomic E-state index is -0.173. The van der Waals surface area contributed by atoms with Crippen molar-refractivity contribution in [2.24, 2.45) is 0 Å². The van der Waals surface area contributed by atoms with Gasteiger partial charge in [0.1, 0.15) is 10.7 Å². The lowest BCUT2D eigenvalue weighted by molar-refractivity contribution is 0.0946. The molecule has 0 aromatic carbocycles. The van der Waals surface area contributed by atoms with E-state index in [1.54, 1.807) is 29.2 Å². The monoisotopic (exact) mass is 290 g/mol. The Bertz CT molecular complexity index is 658. The molecule has 3 rings (SSSR count). The number of amides is 1. The number of carbonyl (C=O) groups excluding carboxylic acids is 1. The lowest BCUT2D eigenvalue weighted by Gasteiger charge is -2.00. The van der Waals surface area contributed by atoms with E-state index in [9.17, 15) is 4.79 Å². The van der Waals surface area contributed by atoms with Gasteiger partial charge in [0.2, 0.25) is 0 Å². The molecule has 0 atom stereocenters. The number of hydrogen-bond donors (Lipinski definition) is 2. The molecule has 3 aromatic heterocycles. The molecule has 7 heteroatoms. The maximum atomic E-state index is 11.9. The predicted octanol–water partition coefficient (Wildman–Crippen LogP) is 2.52. The van der Waals surface area contributed by atoms with E-state index in [4.69, 9.17) is 0 Å². The smallest absolute Gasteiger partial charge is 0.271 e. The van der Waals surface area contributed by atoms with Gasteiger partial charge in [-0.2, -0.15) is 0 Å². The van der Waals surface area contributed by atoms with Crippen molar-refractivity contribution in [1.82, 2.24) is 20.3 Å².